The minimum Gasteiger partial charge on any atom is -0.497 e. The summed E-state index contributed by atoms with van der Waals surface area (Å²) in [5.74, 6) is 1.37. The molecule has 6 aromatic rings. The first-order valence-electron chi connectivity index (χ1n) is 13.5. The van der Waals surface area contributed by atoms with E-state index in [-0.39, 0.29) is 11.4 Å². The van der Waals surface area contributed by atoms with Gasteiger partial charge in [-0.3, -0.25) is 0 Å². The zero-order valence-corrected chi connectivity index (χ0v) is 23.8. The SMILES string of the molecule is COc1cccc(-c2nn(-c3ccccc3)cc2-c2ccnc(NCCNS(=O)(=O)c3cccc4ccccc34)c2)c1. The fourth-order valence-corrected chi connectivity index (χ4v) is 6.12. The highest BCUT2D eigenvalue weighted by atomic mass is 32.2. The molecule has 0 spiro atoms. The highest BCUT2D eigenvalue weighted by Gasteiger charge is 2.17. The van der Waals surface area contributed by atoms with Crippen LogP contribution in [0.25, 0.3) is 38.8 Å². The number of fused-ring (bicyclic) bond motifs is 1. The van der Waals surface area contributed by atoms with Gasteiger partial charge >= 0.3 is 0 Å². The molecule has 0 bridgehead atoms. The second kappa shape index (κ2) is 11.9. The number of nitrogens with zero attached hydrogens (tertiary/aromatic N) is 3. The molecule has 42 heavy (non-hydrogen) atoms. The summed E-state index contributed by atoms with van der Waals surface area (Å²) >= 11 is 0. The van der Waals surface area contributed by atoms with Crippen molar-refractivity contribution in [1.29, 1.82) is 0 Å². The van der Waals surface area contributed by atoms with Gasteiger partial charge in [0.15, 0.2) is 0 Å². The molecule has 0 saturated carbocycles. The maximum atomic E-state index is 13.1. The molecule has 2 N–H and O–H groups in total. The molecule has 0 unspecified atom stereocenters. The van der Waals surface area contributed by atoms with Crippen LogP contribution in [0.2, 0.25) is 0 Å². The van der Waals surface area contributed by atoms with E-state index < -0.39 is 10.0 Å². The van der Waals surface area contributed by atoms with Crippen molar-refractivity contribution in [1.82, 2.24) is 19.5 Å². The number of pyridine rings is 1. The molecule has 0 aliphatic carbocycles. The van der Waals surface area contributed by atoms with Gasteiger partial charge < -0.3 is 10.1 Å². The van der Waals surface area contributed by atoms with Crippen molar-refractivity contribution < 1.29 is 13.2 Å². The van der Waals surface area contributed by atoms with Crippen molar-refractivity contribution in [3.63, 3.8) is 0 Å². The number of hydrogen-bond donors (Lipinski definition) is 2. The highest BCUT2D eigenvalue weighted by Crippen LogP contribution is 2.34. The van der Waals surface area contributed by atoms with Crippen molar-refractivity contribution in [3.8, 4) is 33.8 Å². The van der Waals surface area contributed by atoms with E-state index in [0.29, 0.717) is 17.7 Å². The minimum atomic E-state index is -3.69. The summed E-state index contributed by atoms with van der Waals surface area (Å²) in [6, 6.07) is 34.4. The van der Waals surface area contributed by atoms with E-state index in [1.807, 2.05) is 108 Å². The fourth-order valence-electron chi connectivity index (χ4n) is 4.86. The molecule has 0 radical (unpaired) electrons. The van der Waals surface area contributed by atoms with Crippen molar-refractivity contribution in [3.05, 3.63) is 122 Å². The first-order chi connectivity index (χ1) is 20.5. The predicted octanol–water partition coefficient (Wildman–Crippen LogP) is 6.15. The number of para-hydroxylation sites is 1. The number of aromatic nitrogens is 3. The van der Waals surface area contributed by atoms with Crippen molar-refractivity contribution in [2.75, 3.05) is 25.5 Å². The van der Waals surface area contributed by atoms with Crippen LogP contribution in [0.5, 0.6) is 5.75 Å². The number of rotatable bonds is 10. The highest BCUT2D eigenvalue weighted by molar-refractivity contribution is 7.89. The van der Waals surface area contributed by atoms with E-state index in [0.717, 1.165) is 39.2 Å². The zero-order valence-electron chi connectivity index (χ0n) is 22.9. The Labute approximate surface area is 244 Å². The molecular weight excluding hydrogens is 546 g/mol. The predicted molar refractivity (Wildman–Crippen MR) is 166 cm³/mol. The van der Waals surface area contributed by atoms with E-state index in [9.17, 15) is 8.42 Å². The van der Waals surface area contributed by atoms with Gasteiger partial charge in [-0.25, -0.2) is 22.8 Å². The van der Waals surface area contributed by atoms with Gasteiger partial charge in [0.2, 0.25) is 10.0 Å². The van der Waals surface area contributed by atoms with Crippen LogP contribution in [0.3, 0.4) is 0 Å². The standard InChI is InChI=1S/C33H29N5O3S/c1-41-28-14-7-11-26(21-28)33-30(23-38(37-33)27-12-3-2-4-13-27)25-17-18-34-32(22-25)35-19-20-36-42(39,40)31-16-8-10-24-9-5-6-15-29(24)31/h2-18,21-23,36H,19-20H2,1H3,(H,34,35). The van der Waals surface area contributed by atoms with Crippen LogP contribution >= 0.6 is 0 Å². The zero-order chi connectivity index (χ0) is 28.9. The molecule has 210 valence electrons. The van der Waals surface area contributed by atoms with E-state index in [1.54, 1.807) is 25.4 Å². The summed E-state index contributed by atoms with van der Waals surface area (Å²) in [6.45, 7) is 0.547. The second-order valence-electron chi connectivity index (χ2n) is 9.64. The van der Waals surface area contributed by atoms with Crippen LogP contribution in [0.1, 0.15) is 0 Å². The van der Waals surface area contributed by atoms with Gasteiger partial charge in [0, 0.05) is 42.0 Å². The van der Waals surface area contributed by atoms with E-state index in [4.69, 9.17) is 9.84 Å². The van der Waals surface area contributed by atoms with Crippen LogP contribution in [0, 0.1) is 0 Å². The Balaban J connectivity index is 1.22. The molecule has 6 rings (SSSR count). The van der Waals surface area contributed by atoms with Gasteiger partial charge in [0.05, 0.1) is 17.7 Å². The number of anilines is 1. The Kier molecular flexibility index (Phi) is 7.68. The lowest BCUT2D eigenvalue weighted by molar-refractivity contribution is 0.415. The number of sulfonamides is 1. The van der Waals surface area contributed by atoms with Gasteiger partial charge in [-0.15, -0.1) is 0 Å². The Hall–Kier alpha value is -4.99. The third-order valence-electron chi connectivity index (χ3n) is 6.91. The molecule has 9 heteroatoms. The van der Waals surface area contributed by atoms with Crippen LogP contribution in [0.4, 0.5) is 5.82 Å². The summed E-state index contributed by atoms with van der Waals surface area (Å²) in [5.41, 5.74) is 4.52. The first kappa shape index (κ1) is 27.2. The van der Waals surface area contributed by atoms with Gasteiger partial charge in [0.1, 0.15) is 17.3 Å². The summed E-state index contributed by atoms with van der Waals surface area (Å²) in [6.07, 6.45) is 3.73. The fraction of sp³-hybridized carbons (Fsp3) is 0.0909. The monoisotopic (exact) mass is 575 g/mol. The van der Waals surface area contributed by atoms with Crippen molar-refractivity contribution in [2.24, 2.45) is 0 Å². The van der Waals surface area contributed by atoms with Crippen molar-refractivity contribution in [2.45, 2.75) is 4.90 Å². The molecule has 0 atom stereocenters. The Morgan fingerprint density at radius 1 is 0.810 bits per heavy atom. The smallest absolute Gasteiger partial charge is 0.241 e. The lowest BCUT2D eigenvalue weighted by Gasteiger charge is -2.11. The molecule has 0 amide bonds. The lowest BCUT2D eigenvalue weighted by Crippen LogP contribution is -2.29. The average Bonchev–Trinajstić information content (AvgIpc) is 3.49. The van der Waals surface area contributed by atoms with Gasteiger partial charge in [-0.1, -0.05) is 66.7 Å². The molecule has 8 nitrogen and oxygen atoms in total. The number of benzene rings is 4. The van der Waals surface area contributed by atoms with Crippen LogP contribution < -0.4 is 14.8 Å². The van der Waals surface area contributed by atoms with Crippen LogP contribution in [0.15, 0.2) is 126 Å². The van der Waals surface area contributed by atoms with E-state index in [1.165, 1.54) is 0 Å². The van der Waals surface area contributed by atoms with Gasteiger partial charge in [0.25, 0.3) is 0 Å². The molecule has 2 aromatic heterocycles. The van der Waals surface area contributed by atoms with Gasteiger partial charge in [-0.05, 0) is 53.4 Å². The van der Waals surface area contributed by atoms with Crippen molar-refractivity contribution >= 4 is 26.6 Å². The molecule has 0 fully saturated rings. The topological polar surface area (TPSA) is 98.1 Å². The molecule has 0 saturated heterocycles. The Morgan fingerprint density at radius 2 is 1.60 bits per heavy atom. The van der Waals surface area contributed by atoms with E-state index in [2.05, 4.69) is 15.0 Å². The Morgan fingerprint density at radius 3 is 2.45 bits per heavy atom. The number of nitrogens with one attached hydrogen (secondary N) is 2. The maximum Gasteiger partial charge on any atom is 0.241 e. The minimum absolute atomic E-state index is 0.193. The van der Waals surface area contributed by atoms with E-state index >= 15 is 0 Å². The quantitative estimate of drug-likeness (QED) is 0.190. The normalized spacial score (nSPS) is 11.5. The number of hydrogen-bond acceptors (Lipinski definition) is 6. The molecular formula is C33H29N5O3S. The van der Waals surface area contributed by atoms with Crippen LogP contribution in [-0.4, -0.2) is 43.4 Å². The second-order valence-corrected chi connectivity index (χ2v) is 11.4. The molecule has 4 aromatic carbocycles. The molecule has 0 aliphatic heterocycles. The third-order valence-corrected chi connectivity index (χ3v) is 8.43. The summed E-state index contributed by atoms with van der Waals surface area (Å²) < 4.78 is 36.1. The molecule has 0 aliphatic rings. The average molecular weight is 576 g/mol. The maximum absolute atomic E-state index is 13.1. The Bertz CT molecular complexity index is 1950. The number of ether oxygens (including phenoxy) is 1. The number of methoxy groups -OCH3 is 1. The lowest BCUT2D eigenvalue weighted by atomic mass is 10.0. The summed E-state index contributed by atoms with van der Waals surface area (Å²) in [7, 11) is -2.05. The largest absolute Gasteiger partial charge is 0.497 e. The first-order valence-corrected chi connectivity index (χ1v) is 15.0. The van der Waals surface area contributed by atoms with Gasteiger partial charge in [-0.2, -0.15) is 5.10 Å². The summed E-state index contributed by atoms with van der Waals surface area (Å²) in [4.78, 5) is 4.72. The summed E-state index contributed by atoms with van der Waals surface area (Å²) in [5, 5.41) is 9.75. The third kappa shape index (κ3) is 5.74. The van der Waals surface area contributed by atoms with Crippen LogP contribution in [-0.2, 0) is 10.0 Å². The molecule has 2 heterocycles.